The zero-order valence-corrected chi connectivity index (χ0v) is 14.4. The van der Waals surface area contributed by atoms with Crippen molar-refractivity contribution < 1.29 is 9.59 Å². The minimum absolute atomic E-state index is 0.0139. The Hall–Kier alpha value is -2.33. The Balaban J connectivity index is 1.73. The molecule has 1 heterocycles. The summed E-state index contributed by atoms with van der Waals surface area (Å²) in [5, 5.41) is 3.47. The summed E-state index contributed by atoms with van der Waals surface area (Å²) in [4.78, 5) is 26.5. The molecule has 0 saturated carbocycles. The molecule has 1 N–H and O–H groups in total. The average molecular weight is 343 g/mol. The summed E-state index contributed by atoms with van der Waals surface area (Å²) in [7, 11) is 0. The van der Waals surface area contributed by atoms with Gasteiger partial charge in [-0.2, -0.15) is 0 Å². The van der Waals surface area contributed by atoms with E-state index in [0.29, 0.717) is 17.3 Å². The number of amides is 2. The van der Waals surface area contributed by atoms with Crippen molar-refractivity contribution in [2.75, 3.05) is 16.8 Å². The van der Waals surface area contributed by atoms with E-state index in [0.717, 1.165) is 16.8 Å². The number of benzene rings is 2. The molecule has 5 heteroatoms. The van der Waals surface area contributed by atoms with E-state index in [4.69, 9.17) is 11.6 Å². The van der Waals surface area contributed by atoms with Gasteiger partial charge in [0.15, 0.2) is 0 Å². The zero-order chi connectivity index (χ0) is 17.3. The number of halogens is 1. The normalized spacial score (nSPS) is 17.2. The quantitative estimate of drug-likeness (QED) is 0.918. The molecule has 24 heavy (non-hydrogen) atoms. The maximum Gasteiger partial charge on any atom is 0.229 e. The molecule has 0 aliphatic carbocycles. The van der Waals surface area contributed by atoms with Crippen LogP contribution >= 0.6 is 11.6 Å². The highest BCUT2D eigenvalue weighted by molar-refractivity contribution is 6.30. The van der Waals surface area contributed by atoms with Crippen molar-refractivity contribution in [3.05, 3.63) is 58.6 Å². The first kappa shape index (κ1) is 16.5. The molecular weight excluding hydrogens is 324 g/mol. The third-order valence-electron chi connectivity index (χ3n) is 4.47. The first-order valence-corrected chi connectivity index (χ1v) is 8.26. The lowest BCUT2D eigenvalue weighted by molar-refractivity contribution is -0.122. The molecule has 2 aromatic rings. The van der Waals surface area contributed by atoms with Crippen molar-refractivity contribution in [1.82, 2.24) is 0 Å². The monoisotopic (exact) mass is 342 g/mol. The first-order chi connectivity index (χ1) is 11.5. The summed E-state index contributed by atoms with van der Waals surface area (Å²) in [5.41, 5.74) is 3.78. The summed E-state index contributed by atoms with van der Waals surface area (Å²) in [6.07, 6.45) is 0.229. The molecule has 0 aromatic heterocycles. The lowest BCUT2D eigenvalue weighted by atomic mass is 10.1. The number of aryl methyl sites for hydroxylation is 1. The Labute approximate surface area is 146 Å². The second kappa shape index (κ2) is 6.65. The van der Waals surface area contributed by atoms with Crippen molar-refractivity contribution in [2.24, 2.45) is 5.92 Å². The van der Waals surface area contributed by atoms with E-state index >= 15 is 0 Å². The van der Waals surface area contributed by atoms with E-state index in [1.165, 1.54) is 0 Å². The Kier molecular flexibility index (Phi) is 4.58. The van der Waals surface area contributed by atoms with Gasteiger partial charge < -0.3 is 10.2 Å². The van der Waals surface area contributed by atoms with Crippen LogP contribution in [0.3, 0.4) is 0 Å². The second-order valence-electron chi connectivity index (χ2n) is 6.12. The van der Waals surface area contributed by atoms with Crippen LogP contribution in [0.1, 0.15) is 17.5 Å². The molecule has 2 amide bonds. The van der Waals surface area contributed by atoms with Crippen LogP contribution in [0.25, 0.3) is 0 Å². The van der Waals surface area contributed by atoms with Crippen LogP contribution in [0.15, 0.2) is 42.5 Å². The predicted octanol–water partition coefficient (Wildman–Crippen LogP) is 3.95. The van der Waals surface area contributed by atoms with Gasteiger partial charge in [-0.05, 0) is 55.3 Å². The van der Waals surface area contributed by atoms with Gasteiger partial charge in [0.25, 0.3) is 0 Å². The summed E-state index contributed by atoms with van der Waals surface area (Å²) >= 11 is 5.84. The van der Waals surface area contributed by atoms with E-state index in [1.807, 2.05) is 32.0 Å². The summed E-state index contributed by atoms with van der Waals surface area (Å²) in [6.45, 7) is 4.42. The number of hydrogen-bond donors (Lipinski definition) is 1. The number of rotatable bonds is 3. The van der Waals surface area contributed by atoms with Crippen LogP contribution in [0.4, 0.5) is 11.4 Å². The number of carbonyl (C=O) groups is 2. The van der Waals surface area contributed by atoms with Gasteiger partial charge in [-0.1, -0.05) is 23.7 Å². The molecule has 1 atom stereocenters. The first-order valence-electron chi connectivity index (χ1n) is 7.88. The summed E-state index contributed by atoms with van der Waals surface area (Å²) in [6, 6.07) is 12.8. The lowest BCUT2D eigenvalue weighted by Crippen LogP contribution is -2.28. The SMILES string of the molecule is Cc1cccc(N2CC(C(=O)Nc3ccc(Cl)cc3)CC2=O)c1C. The highest BCUT2D eigenvalue weighted by atomic mass is 35.5. The van der Waals surface area contributed by atoms with Crippen LogP contribution in [-0.4, -0.2) is 18.4 Å². The van der Waals surface area contributed by atoms with Crippen molar-refractivity contribution >= 4 is 34.8 Å². The largest absolute Gasteiger partial charge is 0.326 e. The molecule has 0 spiro atoms. The molecule has 1 unspecified atom stereocenters. The van der Waals surface area contributed by atoms with Gasteiger partial charge >= 0.3 is 0 Å². The maximum atomic E-state index is 12.5. The Morgan fingerprint density at radius 2 is 1.88 bits per heavy atom. The van der Waals surface area contributed by atoms with Crippen molar-refractivity contribution in [2.45, 2.75) is 20.3 Å². The van der Waals surface area contributed by atoms with Gasteiger partial charge in [0, 0.05) is 29.4 Å². The molecule has 1 saturated heterocycles. The van der Waals surface area contributed by atoms with Gasteiger partial charge in [-0.25, -0.2) is 0 Å². The van der Waals surface area contributed by atoms with Crippen LogP contribution in [-0.2, 0) is 9.59 Å². The summed E-state index contributed by atoms with van der Waals surface area (Å²) < 4.78 is 0. The van der Waals surface area contributed by atoms with Gasteiger partial charge in [-0.15, -0.1) is 0 Å². The highest BCUT2D eigenvalue weighted by Gasteiger charge is 2.35. The molecule has 1 aliphatic rings. The van der Waals surface area contributed by atoms with Crippen molar-refractivity contribution in [3.8, 4) is 0 Å². The van der Waals surface area contributed by atoms with Crippen LogP contribution in [0.5, 0.6) is 0 Å². The fourth-order valence-electron chi connectivity index (χ4n) is 2.92. The smallest absolute Gasteiger partial charge is 0.229 e. The van der Waals surface area contributed by atoms with Crippen LogP contribution in [0, 0.1) is 19.8 Å². The number of anilines is 2. The predicted molar refractivity (Wildman–Crippen MR) is 96.5 cm³/mol. The molecule has 3 rings (SSSR count). The minimum Gasteiger partial charge on any atom is -0.326 e. The van der Waals surface area contributed by atoms with E-state index in [2.05, 4.69) is 5.32 Å². The maximum absolute atomic E-state index is 12.5. The van der Waals surface area contributed by atoms with Gasteiger partial charge in [0.2, 0.25) is 11.8 Å². The Morgan fingerprint density at radius 3 is 2.58 bits per heavy atom. The van der Waals surface area contributed by atoms with E-state index in [9.17, 15) is 9.59 Å². The van der Waals surface area contributed by atoms with Gasteiger partial charge in [0.05, 0.1) is 5.92 Å². The molecule has 2 aromatic carbocycles. The highest BCUT2D eigenvalue weighted by Crippen LogP contribution is 2.30. The fraction of sp³-hybridized carbons (Fsp3) is 0.263. The van der Waals surface area contributed by atoms with E-state index in [-0.39, 0.29) is 24.2 Å². The molecule has 0 radical (unpaired) electrons. The summed E-state index contributed by atoms with van der Waals surface area (Å²) in [5.74, 6) is -0.508. The molecule has 0 bridgehead atoms. The molecule has 124 valence electrons. The standard InChI is InChI=1S/C19H19ClN2O2/c1-12-4-3-5-17(13(12)2)22-11-14(10-18(22)23)19(24)21-16-8-6-15(20)7-9-16/h3-9,14H,10-11H2,1-2H3,(H,21,24). The lowest BCUT2D eigenvalue weighted by Gasteiger charge is -2.20. The zero-order valence-electron chi connectivity index (χ0n) is 13.7. The van der Waals surface area contributed by atoms with Crippen molar-refractivity contribution in [3.63, 3.8) is 0 Å². The second-order valence-corrected chi connectivity index (χ2v) is 6.56. The molecule has 1 aliphatic heterocycles. The van der Waals surface area contributed by atoms with Gasteiger partial charge in [-0.3, -0.25) is 9.59 Å². The Bertz CT molecular complexity index is 786. The van der Waals surface area contributed by atoms with E-state index < -0.39 is 0 Å². The third kappa shape index (κ3) is 3.29. The number of hydrogen-bond acceptors (Lipinski definition) is 2. The minimum atomic E-state index is -0.354. The molecule has 4 nitrogen and oxygen atoms in total. The topological polar surface area (TPSA) is 49.4 Å². The molecule has 1 fully saturated rings. The fourth-order valence-corrected chi connectivity index (χ4v) is 3.05. The van der Waals surface area contributed by atoms with E-state index in [1.54, 1.807) is 29.2 Å². The average Bonchev–Trinajstić information content (AvgIpc) is 2.94. The van der Waals surface area contributed by atoms with Crippen LogP contribution in [0.2, 0.25) is 5.02 Å². The number of carbonyl (C=O) groups excluding carboxylic acids is 2. The van der Waals surface area contributed by atoms with Gasteiger partial charge in [0.1, 0.15) is 0 Å². The molecular formula is C19H19ClN2O2. The van der Waals surface area contributed by atoms with Crippen molar-refractivity contribution in [1.29, 1.82) is 0 Å². The van der Waals surface area contributed by atoms with Crippen LogP contribution < -0.4 is 10.2 Å². The third-order valence-corrected chi connectivity index (χ3v) is 4.73. The number of nitrogens with one attached hydrogen (secondary N) is 1. The number of nitrogens with zero attached hydrogens (tertiary/aromatic N) is 1. The Morgan fingerprint density at radius 1 is 1.17 bits per heavy atom.